The Kier molecular flexibility index (Phi) is 5.53. The molecule has 2 aliphatic rings. The van der Waals surface area contributed by atoms with Crippen LogP contribution in [0.5, 0.6) is 0 Å². The highest BCUT2D eigenvalue weighted by Gasteiger charge is 2.25. The molecular weight excluding hydrogens is 322 g/mol. The van der Waals surface area contributed by atoms with Gasteiger partial charge in [0.2, 0.25) is 5.91 Å². The zero-order valence-electron chi connectivity index (χ0n) is 14.6. The number of anilines is 1. The van der Waals surface area contributed by atoms with Gasteiger partial charge in [-0.1, -0.05) is 13.0 Å². The maximum atomic E-state index is 12.4. The second-order valence-corrected chi connectivity index (χ2v) is 6.94. The first-order valence-electron chi connectivity index (χ1n) is 8.92. The number of hydrogen-bond donors (Lipinski definition) is 0. The molecule has 1 amide bonds. The summed E-state index contributed by atoms with van der Waals surface area (Å²) in [5.41, 5.74) is 1.59. The average Bonchev–Trinajstić information content (AvgIpc) is 2.62. The van der Waals surface area contributed by atoms with E-state index in [1.807, 2.05) is 6.07 Å². The molecule has 7 nitrogen and oxygen atoms in total. The van der Waals surface area contributed by atoms with Gasteiger partial charge in [0.1, 0.15) is 5.69 Å². The predicted octanol–water partition coefficient (Wildman–Crippen LogP) is 2.23. The number of rotatable bonds is 4. The normalized spacial score (nSPS) is 21.2. The summed E-state index contributed by atoms with van der Waals surface area (Å²) in [5.74, 6) is 0.571. The van der Waals surface area contributed by atoms with Crippen molar-refractivity contribution in [2.75, 3.05) is 44.3 Å². The van der Waals surface area contributed by atoms with Gasteiger partial charge in [0.05, 0.1) is 24.6 Å². The summed E-state index contributed by atoms with van der Waals surface area (Å²) >= 11 is 0. The Morgan fingerprint density at radius 3 is 2.76 bits per heavy atom. The van der Waals surface area contributed by atoms with Crippen LogP contribution in [-0.4, -0.2) is 55.1 Å². The van der Waals surface area contributed by atoms with Crippen LogP contribution in [0.25, 0.3) is 0 Å². The van der Waals surface area contributed by atoms with E-state index in [1.54, 1.807) is 11.0 Å². The molecule has 0 saturated carbocycles. The van der Waals surface area contributed by atoms with E-state index in [2.05, 4.69) is 11.8 Å². The molecule has 0 radical (unpaired) electrons. The van der Waals surface area contributed by atoms with E-state index in [4.69, 9.17) is 4.74 Å². The van der Waals surface area contributed by atoms with Crippen molar-refractivity contribution >= 4 is 17.3 Å². The Bertz CT molecular complexity index is 643. The molecule has 0 N–H and O–H groups in total. The van der Waals surface area contributed by atoms with Crippen LogP contribution in [0.3, 0.4) is 0 Å². The molecular formula is C18H25N3O4. The Hall–Kier alpha value is -2.15. The minimum Gasteiger partial charge on any atom is -0.378 e. The fourth-order valence-electron chi connectivity index (χ4n) is 3.59. The van der Waals surface area contributed by atoms with E-state index in [0.717, 1.165) is 31.5 Å². The maximum Gasteiger partial charge on any atom is 0.292 e. The molecule has 0 aromatic heterocycles. The van der Waals surface area contributed by atoms with Crippen LogP contribution in [0.15, 0.2) is 18.2 Å². The fourth-order valence-corrected chi connectivity index (χ4v) is 3.59. The van der Waals surface area contributed by atoms with Crippen molar-refractivity contribution in [3.63, 3.8) is 0 Å². The number of ether oxygens (including phenoxy) is 1. The van der Waals surface area contributed by atoms with Gasteiger partial charge in [-0.15, -0.1) is 0 Å². The largest absolute Gasteiger partial charge is 0.378 e. The molecule has 1 aromatic rings. The summed E-state index contributed by atoms with van der Waals surface area (Å²) in [6, 6.07) is 5.07. The first kappa shape index (κ1) is 17.7. The minimum absolute atomic E-state index is 0.0510. The topological polar surface area (TPSA) is 75.9 Å². The van der Waals surface area contributed by atoms with Crippen molar-refractivity contribution in [2.24, 2.45) is 5.92 Å². The first-order valence-corrected chi connectivity index (χ1v) is 8.92. The highest BCUT2D eigenvalue weighted by atomic mass is 16.6. The summed E-state index contributed by atoms with van der Waals surface area (Å²) in [4.78, 5) is 27.4. The van der Waals surface area contributed by atoms with Crippen molar-refractivity contribution in [1.29, 1.82) is 0 Å². The predicted molar refractivity (Wildman–Crippen MR) is 94.8 cm³/mol. The van der Waals surface area contributed by atoms with Gasteiger partial charge in [-0.25, -0.2) is 0 Å². The number of nitro groups is 1. The molecule has 2 fully saturated rings. The number of morpholine rings is 1. The van der Waals surface area contributed by atoms with Crippen molar-refractivity contribution in [2.45, 2.75) is 26.2 Å². The van der Waals surface area contributed by atoms with Crippen LogP contribution in [0.1, 0.15) is 25.3 Å². The number of nitrogens with zero attached hydrogens (tertiary/aromatic N) is 3. The smallest absolute Gasteiger partial charge is 0.292 e. The minimum atomic E-state index is -0.331. The number of nitro benzene ring substituents is 1. The summed E-state index contributed by atoms with van der Waals surface area (Å²) in [7, 11) is 0. The van der Waals surface area contributed by atoms with Crippen LogP contribution >= 0.6 is 0 Å². The molecule has 1 unspecified atom stereocenters. The molecule has 3 rings (SSSR count). The van der Waals surface area contributed by atoms with E-state index < -0.39 is 0 Å². The summed E-state index contributed by atoms with van der Waals surface area (Å²) in [6.45, 7) is 6.19. The fraction of sp³-hybridized carbons (Fsp3) is 0.611. The van der Waals surface area contributed by atoms with Crippen molar-refractivity contribution < 1.29 is 14.5 Å². The second kappa shape index (κ2) is 7.82. The van der Waals surface area contributed by atoms with E-state index in [9.17, 15) is 14.9 Å². The lowest BCUT2D eigenvalue weighted by Gasteiger charge is -2.32. The molecule has 1 aromatic carbocycles. The Morgan fingerprint density at radius 2 is 2.08 bits per heavy atom. The third-order valence-electron chi connectivity index (χ3n) is 4.95. The van der Waals surface area contributed by atoms with Gasteiger partial charge in [0.15, 0.2) is 0 Å². The Balaban J connectivity index is 1.79. The lowest BCUT2D eigenvalue weighted by molar-refractivity contribution is -0.384. The number of carbonyl (C=O) groups excluding carboxylic acids is 1. The van der Waals surface area contributed by atoms with Gasteiger partial charge in [-0.3, -0.25) is 14.9 Å². The molecule has 2 saturated heterocycles. The maximum absolute atomic E-state index is 12.4. The van der Waals surface area contributed by atoms with Crippen molar-refractivity contribution in [1.82, 2.24) is 4.90 Å². The Labute approximate surface area is 147 Å². The molecule has 136 valence electrons. The zero-order valence-corrected chi connectivity index (χ0v) is 14.6. The first-order chi connectivity index (χ1) is 12.0. The summed E-state index contributed by atoms with van der Waals surface area (Å²) in [6.07, 6.45) is 2.46. The Morgan fingerprint density at radius 1 is 1.32 bits per heavy atom. The third-order valence-corrected chi connectivity index (χ3v) is 4.95. The number of benzene rings is 1. The van der Waals surface area contributed by atoms with Gasteiger partial charge in [0, 0.05) is 32.2 Å². The van der Waals surface area contributed by atoms with Gasteiger partial charge in [-0.2, -0.15) is 0 Å². The number of amides is 1. The second-order valence-electron chi connectivity index (χ2n) is 6.94. The van der Waals surface area contributed by atoms with E-state index in [1.165, 1.54) is 6.07 Å². The van der Waals surface area contributed by atoms with Crippen LogP contribution in [0.4, 0.5) is 11.4 Å². The van der Waals surface area contributed by atoms with E-state index in [0.29, 0.717) is 37.9 Å². The quantitative estimate of drug-likeness (QED) is 0.617. The van der Waals surface area contributed by atoms with Crippen LogP contribution in [0, 0.1) is 16.0 Å². The van der Waals surface area contributed by atoms with Crippen molar-refractivity contribution in [3.05, 3.63) is 33.9 Å². The van der Waals surface area contributed by atoms with Gasteiger partial charge in [0.25, 0.3) is 5.69 Å². The number of carbonyl (C=O) groups is 1. The number of piperidine rings is 1. The zero-order chi connectivity index (χ0) is 17.8. The number of hydrogen-bond acceptors (Lipinski definition) is 5. The summed E-state index contributed by atoms with van der Waals surface area (Å²) < 4.78 is 5.28. The van der Waals surface area contributed by atoms with E-state index in [-0.39, 0.29) is 22.9 Å². The van der Waals surface area contributed by atoms with Crippen LogP contribution in [-0.2, 0) is 16.0 Å². The lowest BCUT2D eigenvalue weighted by Crippen LogP contribution is -2.41. The SMILES string of the molecule is CC1CCCN(c2cc(CC(=O)N3CCOCC3)ccc2[N+](=O)[O-])C1. The molecule has 0 bridgehead atoms. The lowest BCUT2D eigenvalue weighted by atomic mass is 9.99. The molecule has 0 spiro atoms. The molecule has 1 atom stereocenters. The van der Waals surface area contributed by atoms with E-state index >= 15 is 0 Å². The van der Waals surface area contributed by atoms with Gasteiger partial charge in [-0.05, 0) is 30.4 Å². The highest BCUT2D eigenvalue weighted by Crippen LogP contribution is 2.32. The monoisotopic (exact) mass is 347 g/mol. The van der Waals surface area contributed by atoms with Gasteiger partial charge >= 0.3 is 0 Å². The third kappa shape index (κ3) is 4.28. The average molecular weight is 347 g/mol. The molecule has 2 heterocycles. The molecule has 0 aliphatic carbocycles. The van der Waals surface area contributed by atoms with Crippen LogP contribution < -0.4 is 4.90 Å². The molecule has 7 heteroatoms. The standard InChI is InChI=1S/C18H25N3O4/c1-14-3-2-6-20(13-14)17-11-15(4-5-16(17)21(23)24)12-18(22)19-7-9-25-10-8-19/h4-5,11,14H,2-3,6-10,12-13H2,1H3. The van der Waals surface area contributed by atoms with Gasteiger partial charge < -0.3 is 14.5 Å². The van der Waals surface area contributed by atoms with Crippen LogP contribution in [0.2, 0.25) is 0 Å². The summed E-state index contributed by atoms with van der Waals surface area (Å²) in [5, 5.41) is 11.4. The van der Waals surface area contributed by atoms with Crippen molar-refractivity contribution in [3.8, 4) is 0 Å². The molecule has 25 heavy (non-hydrogen) atoms. The molecule has 2 aliphatic heterocycles. The highest BCUT2D eigenvalue weighted by molar-refractivity contribution is 5.80.